The first-order valence-electron chi connectivity index (χ1n) is 5.33. The molecule has 1 aromatic carbocycles. The molecule has 1 rings (SSSR count). The summed E-state index contributed by atoms with van der Waals surface area (Å²) < 4.78 is 0. The molecule has 2 heteroatoms. The average molecular weight is 218 g/mol. The van der Waals surface area contributed by atoms with E-state index in [2.05, 4.69) is 26.8 Å². The van der Waals surface area contributed by atoms with Crippen molar-refractivity contribution in [1.29, 1.82) is 0 Å². The molecule has 0 aliphatic heterocycles. The molecule has 2 nitrogen and oxygen atoms in total. The van der Waals surface area contributed by atoms with Crippen molar-refractivity contribution in [2.45, 2.75) is 34.6 Å². The SMILES string of the molecule is CC(=CC(=O)O)c1cc(C)c(C)c(C)c1C. The Kier molecular flexibility index (Phi) is 3.53. The van der Waals surface area contributed by atoms with Crippen LogP contribution in [-0.4, -0.2) is 11.1 Å². The van der Waals surface area contributed by atoms with Crippen molar-refractivity contribution >= 4 is 11.5 Å². The van der Waals surface area contributed by atoms with Gasteiger partial charge in [-0.2, -0.15) is 0 Å². The third-order valence-corrected chi connectivity index (χ3v) is 3.25. The number of carboxylic acids is 1. The highest BCUT2D eigenvalue weighted by Gasteiger charge is 2.09. The first-order valence-corrected chi connectivity index (χ1v) is 5.33. The predicted octanol–water partition coefficient (Wildman–Crippen LogP) is 3.41. The number of rotatable bonds is 2. The van der Waals surface area contributed by atoms with E-state index in [0.29, 0.717) is 0 Å². The Morgan fingerprint density at radius 1 is 1.12 bits per heavy atom. The third-order valence-electron chi connectivity index (χ3n) is 3.25. The smallest absolute Gasteiger partial charge is 0.328 e. The van der Waals surface area contributed by atoms with Crippen LogP contribution in [0, 0.1) is 27.7 Å². The van der Waals surface area contributed by atoms with Gasteiger partial charge in [0.25, 0.3) is 0 Å². The average Bonchev–Trinajstić information content (AvgIpc) is 2.19. The van der Waals surface area contributed by atoms with E-state index in [1.165, 1.54) is 22.8 Å². The Morgan fingerprint density at radius 2 is 1.69 bits per heavy atom. The summed E-state index contributed by atoms with van der Waals surface area (Å²) in [5.74, 6) is -0.896. The second kappa shape index (κ2) is 4.52. The lowest BCUT2D eigenvalue weighted by Crippen LogP contribution is -1.98. The Balaban J connectivity index is 3.42. The molecule has 0 amide bonds. The van der Waals surface area contributed by atoms with E-state index in [-0.39, 0.29) is 0 Å². The lowest BCUT2D eigenvalue weighted by atomic mass is 9.91. The number of carbonyl (C=O) groups is 1. The normalized spacial score (nSPS) is 11.7. The lowest BCUT2D eigenvalue weighted by molar-refractivity contribution is -0.131. The minimum atomic E-state index is -0.896. The van der Waals surface area contributed by atoms with Crippen LogP contribution >= 0.6 is 0 Å². The van der Waals surface area contributed by atoms with Crippen molar-refractivity contribution in [2.24, 2.45) is 0 Å². The quantitative estimate of drug-likeness (QED) is 0.772. The standard InChI is InChI=1S/C14H18O2/c1-8-6-13(9(2)7-14(15)16)12(5)11(4)10(8)3/h6-7H,1-5H3,(H,15,16). The van der Waals surface area contributed by atoms with Gasteiger partial charge in [0, 0.05) is 6.08 Å². The Labute approximate surface area is 96.6 Å². The summed E-state index contributed by atoms with van der Waals surface area (Å²) in [4.78, 5) is 10.7. The van der Waals surface area contributed by atoms with Crippen LogP contribution in [0.5, 0.6) is 0 Å². The maximum Gasteiger partial charge on any atom is 0.328 e. The van der Waals surface area contributed by atoms with Crippen molar-refractivity contribution in [3.63, 3.8) is 0 Å². The van der Waals surface area contributed by atoms with E-state index < -0.39 is 5.97 Å². The second-order valence-corrected chi connectivity index (χ2v) is 4.28. The van der Waals surface area contributed by atoms with Gasteiger partial charge in [-0.1, -0.05) is 6.07 Å². The molecule has 0 aliphatic rings. The van der Waals surface area contributed by atoms with Crippen LogP contribution in [0.25, 0.3) is 5.57 Å². The number of aliphatic carboxylic acids is 1. The number of carboxylic acid groups (broad SMARTS) is 1. The van der Waals surface area contributed by atoms with Gasteiger partial charge in [0.1, 0.15) is 0 Å². The number of hydrogen-bond acceptors (Lipinski definition) is 1. The van der Waals surface area contributed by atoms with E-state index in [0.717, 1.165) is 16.7 Å². The molecular formula is C14H18O2. The molecule has 0 atom stereocenters. The van der Waals surface area contributed by atoms with Gasteiger partial charge in [-0.25, -0.2) is 4.79 Å². The number of aryl methyl sites for hydroxylation is 1. The molecular weight excluding hydrogens is 200 g/mol. The fraction of sp³-hybridized carbons (Fsp3) is 0.357. The van der Waals surface area contributed by atoms with Crippen LogP contribution in [-0.2, 0) is 4.79 Å². The number of hydrogen-bond donors (Lipinski definition) is 1. The molecule has 0 unspecified atom stereocenters. The highest BCUT2D eigenvalue weighted by molar-refractivity contribution is 5.90. The van der Waals surface area contributed by atoms with Gasteiger partial charge in [0.2, 0.25) is 0 Å². The van der Waals surface area contributed by atoms with E-state index in [1.807, 2.05) is 13.8 Å². The van der Waals surface area contributed by atoms with Crippen LogP contribution < -0.4 is 0 Å². The molecule has 1 N–H and O–H groups in total. The van der Waals surface area contributed by atoms with Crippen LogP contribution in [0.4, 0.5) is 0 Å². The zero-order valence-electron chi connectivity index (χ0n) is 10.5. The second-order valence-electron chi connectivity index (χ2n) is 4.28. The number of benzene rings is 1. The Bertz CT molecular complexity index is 468. The molecule has 1 aromatic rings. The predicted molar refractivity (Wildman–Crippen MR) is 66.7 cm³/mol. The zero-order chi connectivity index (χ0) is 12.5. The molecule has 0 saturated carbocycles. The van der Waals surface area contributed by atoms with E-state index in [1.54, 1.807) is 0 Å². The number of allylic oxidation sites excluding steroid dienone is 1. The Morgan fingerprint density at radius 3 is 2.19 bits per heavy atom. The summed E-state index contributed by atoms with van der Waals surface area (Å²) in [6, 6.07) is 2.06. The van der Waals surface area contributed by atoms with Gasteiger partial charge in [-0.15, -0.1) is 0 Å². The summed E-state index contributed by atoms with van der Waals surface area (Å²) in [6.07, 6.45) is 1.26. The summed E-state index contributed by atoms with van der Waals surface area (Å²) >= 11 is 0. The van der Waals surface area contributed by atoms with Gasteiger partial charge >= 0.3 is 5.97 Å². The van der Waals surface area contributed by atoms with Gasteiger partial charge in [0.05, 0.1) is 0 Å². The molecule has 0 heterocycles. The molecule has 0 spiro atoms. The van der Waals surface area contributed by atoms with Gasteiger partial charge < -0.3 is 5.11 Å². The van der Waals surface area contributed by atoms with Crippen molar-refractivity contribution < 1.29 is 9.90 Å². The monoisotopic (exact) mass is 218 g/mol. The first-order chi connectivity index (χ1) is 7.34. The maximum atomic E-state index is 10.7. The highest BCUT2D eigenvalue weighted by atomic mass is 16.4. The summed E-state index contributed by atoms with van der Waals surface area (Å²) in [6.45, 7) is 10.1. The molecule has 0 fully saturated rings. The van der Waals surface area contributed by atoms with Crippen molar-refractivity contribution in [3.05, 3.63) is 40.0 Å². The largest absolute Gasteiger partial charge is 0.478 e. The van der Waals surface area contributed by atoms with E-state index >= 15 is 0 Å². The van der Waals surface area contributed by atoms with E-state index in [4.69, 9.17) is 5.11 Å². The van der Waals surface area contributed by atoms with E-state index in [9.17, 15) is 4.79 Å². The lowest BCUT2D eigenvalue weighted by Gasteiger charge is -2.14. The summed E-state index contributed by atoms with van der Waals surface area (Å²) in [5.41, 5.74) is 6.73. The molecule has 0 radical (unpaired) electrons. The minimum Gasteiger partial charge on any atom is -0.478 e. The highest BCUT2D eigenvalue weighted by Crippen LogP contribution is 2.26. The molecule has 16 heavy (non-hydrogen) atoms. The molecule has 0 aromatic heterocycles. The Hall–Kier alpha value is -1.57. The van der Waals surface area contributed by atoms with Gasteiger partial charge in [-0.05, 0) is 68.0 Å². The fourth-order valence-corrected chi connectivity index (χ4v) is 1.88. The minimum absolute atomic E-state index is 0.802. The van der Waals surface area contributed by atoms with Crippen molar-refractivity contribution in [2.75, 3.05) is 0 Å². The maximum absolute atomic E-state index is 10.7. The van der Waals surface area contributed by atoms with Gasteiger partial charge in [0.15, 0.2) is 0 Å². The van der Waals surface area contributed by atoms with Gasteiger partial charge in [-0.3, -0.25) is 0 Å². The van der Waals surface area contributed by atoms with Crippen molar-refractivity contribution in [1.82, 2.24) is 0 Å². The van der Waals surface area contributed by atoms with Crippen LogP contribution in [0.15, 0.2) is 12.1 Å². The molecule has 0 bridgehead atoms. The molecule has 0 aliphatic carbocycles. The summed E-state index contributed by atoms with van der Waals surface area (Å²) in [7, 11) is 0. The zero-order valence-corrected chi connectivity index (χ0v) is 10.5. The summed E-state index contributed by atoms with van der Waals surface area (Å²) in [5, 5.41) is 8.75. The molecule has 0 saturated heterocycles. The third kappa shape index (κ3) is 2.32. The van der Waals surface area contributed by atoms with Crippen LogP contribution in [0.2, 0.25) is 0 Å². The van der Waals surface area contributed by atoms with Crippen molar-refractivity contribution in [3.8, 4) is 0 Å². The molecule has 86 valence electrons. The first kappa shape index (κ1) is 12.5. The fourth-order valence-electron chi connectivity index (χ4n) is 1.88. The topological polar surface area (TPSA) is 37.3 Å². The van der Waals surface area contributed by atoms with Crippen LogP contribution in [0.3, 0.4) is 0 Å². The van der Waals surface area contributed by atoms with Crippen LogP contribution in [0.1, 0.15) is 34.7 Å².